The van der Waals surface area contributed by atoms with Crippen LogP contribution in [0.25, 0.3) is 0 Å². The van der Waals surface area contributed by atoms with Crippen LogP contribution in [0.15, 0.2) is 18.2 Å². The average molecular weight is 407 g/mol. The molecular formula is C20H29N3O6. The lowest BCUT2D eigenvalue weighted by atomic mass is 9.86. The molecule has 1 aromatic carbocycles. The van der Waals surface area contributed by atoms with Crippen LogP contribution in [0.4, 0.5) is 11.4 Å². The SMILES string of the molecule is COCCNc1ccc(C(=O)O[C@H](C)C(=O)N[C@@H]2CCCC[C@@H]2C)cc1[N+](=O)[O-]. The van der Waals surface area contributed by atoms with E-state index in [1.807, 2.05) is 0 Å². The number of carbonyl (C=O) groups is 2. The van der Waals surface area contributed by atoms with Crippen LogP contribution < -0.4 is 10.6 Å². The van der Waals surface area contributed by atoms with Crippen LogP contribution in [0.5, 0.6) is 0 Å². The quantitative estimate of drug-likeness (QED) is 0.279. The molecule has 1 saturated carbocycles. The molecule has 1 aromatic rings. The van der Waals surface area contributed by atoms with Gasteiger partial charge in [0.15, 0.2) is 6.10 Å². The summed E-state index contributed by atoms with van der Waals surface area (Å²) in [7, 11) is 1.53. The van der Waals surface area contributed by atoms with Gasteiger partial charge in [-0.15, -0.1) is 0 Å². The van der Waals surface area contributed by atoms with Gasteiger partial charge in [-0.05, 0) is 37.8 Å². The molecule has 0 aromatic heterocycles. The first kappa shape index (κ1) is 22.6. The summed E-state index contributed by atoms with van der Waals surface area (Å²) in [5.41, 5.74) is 0.0454. The minimum Gasteiger partial charge on any atom is -0.449 e. The van der Waals surface area contributed by atoms with Crippen molar-refractivity contribution in [3.63, 3.8) is 0 Å². The van der Waals surface area contributed by atoms with Gasteiger partial charge in [0, 0.05) is 25.8 Å². The van der Waals surface area contributed by atoms with Crippen LogP contribution in [-0.2, 0) is 14.3 Å². The zero-order valence-corrected chi connectivity index (χ0v) is 17.1. The van der Waals surface area contributed by atoms with Crippen LogP contribution in [0.3, 0.4) is 0 Å². The van der Waals surface area contributed by atoms with Crippen molar-refractivity contribution in [1.82, 2.24) is 5.32 Å². The van der Waals surface area contributed by atoms with Gasteiger partial charge in [-0.2, -0.15) is 0 Å². The molecule has 0 bridgehead atoms. The lowest BCUT2D eigenvalue weighted by molar-refractivity contribution is -0.384. The molecule has 1 aliphatic rings. The Morgan fingerprint density at radius 1 is 1.31 bits per heavy atom. The van der Waals surface area contributed by atoms with E-state index in [1.165, 1.54) is 26.2 Å². The second-order valence-corrected chi connectivity index (χ2v) is 7.33. The molecule has 160 valence electrons. The molecule has 2 rings (SSSR count). The average Bonchev–Trinajstić information content (AvgIpc) is 2.69. The number of rotatable bonds is 9. The molecule has 29 heavy (non-hydrogen) atoms. The van der Waals surface area contributed by atoms with E-state index in [-0.39, 0.29) is 28.9 Å². The summed E-state index contributed by atoms with van der Waals surface area (Å²) in [6.45, 7) is 4.36. The van der Waals surface area contributed by atoms with E-state index in [9.17, 15) is 19.7 Å². The molecule has 2 N–H and O–H groups in total. The topological polar surface area (TPSA) is 120 Å². The van der Waals surface area contributed by atoms with Crippen molar-refractivity contribution < 1.29 is 24.0 Å². The standard InChI is InChI=1S/C20H29N3O6/c1-13-6-4-5-7-16(13)22-19(24)14(2)29-20(25)15-8-9-17(21-10-11-28-3)18(12-15)23(26)27/h8-9,12-14,16,21H,4-7,10-11H2,1-3H3,(H,22,24)/t13-,14+,16+/m0/s1. The van der Waals surface area contributed by atoms with E-state index in [0.717, 1.165) is 31.7 Å². The summed E-state index contributed by atoms with van der Waals surface area (Å²) in [4.78, 5) is 35.5. The Kier molecular flexibility index (Phi) is 8.38. The van der Waals surface area contributed by atoms with E-state index in [0.29, 0.717) is 19.1 Å². The van der Waals surface area contributed by atoms with Crippen molar-refractivity contribution in [1.29, 1.82) is 0 Å². The maximum absolute atomic E-state index is 12.4. The van der Waals surface area contributed by atoms with Crippen molar-refractivity contribution >= 4 is 23.3 Å². The Morgan fingerprint density at radius 2 is 2.03 bits per heavy atom. The van der Waals surface area contributed by atoms with Crippen molar-refractivity contribution in [3.05, 3.63) is 33.9 Å². The van der Waals surface area contributed by atoms with Gasteiger partial charge in [-0.25, -0.2) is 4.79 Å². The third-order valence-corrected chi connectivity index (χ3v) is 5.14. The van der Waals surface area contributed by atoms with E-state index >= 15 is 0 Å². The minimum absolute atomic E-state index is 0.0136. The molecule has 0 heterocycles. The third-order valence-electron chi connectivity index (χ3n) is 5.14. The molecule has 0 unspecified atom stereocenters. The number of hydrogen-bond donors (Lipinski definition) is 2. The number of carbonyl (C=O) groups excluding carboxylic acids is 2. The molecule has 9 heteroatoms. The number of methoxy groups -OCH3 is 1. The van der Waals surface area contributed by atoms with Crippen LogP contribution in [-0.4, -0.2) is 49.2 Å². The predicted octanol–water partition coefficient (Wildman–Crippen LogP) is 2.89. The lowest BCUT2D eigenvalue weighted by Gasteiger charge is -2.30. The van der Waals surface area contributed by atoms with Gasteiger partial charge >= 0.3 is 5.97 Å². The van der Waals surface area contributed by atoms with Gasteiger partial charge in [0.25, 0.3) is 11.6 Å². The van der Waals surface area contributed by atoms with Crippen LogP contribution in [0.2, 0.25) is 0 Å². The second kappa shape index (κ2) is 10.8. The Hall–Kier alpha value is -2.68. The van der Waals surface area contributed by atoms with E-state index in [1.54, 1.807) is 0 Å². The fraction of sp³-hybridized carbons (Fsp3) is 0.600. The number of esters is 1. The molecule has 3 atom stereocenters. The number of nitrogens with one attached hydrogen (secondary N) is 2. The van der Waals surface area contributed by atoms with Crippen molar-refractivity contribution in [2.45, 2.75) is 51.7 Å². The molecule has 9 nitrogen and oxygen atoms in total. The molecule has 1 aliphatic carbocycles. The van der Waals surface area contributed by atoms with Crippen LogP contribution in [0.1, 0.15) is 49.9 Å². The molecule has 0 saturated heterocycles. The minimum atomic E-state index is -0.991. The Bertz CT molecular complexity index is 739. The summed E-state index contributed by atoms with van der Waals surface area (Å²) in [5.74, 6) is -0.753. The summed E-state index contributed by atoms with van der Waals surface area (Å²) in [6, 6.07) is 4.10. The summed E-state index contributed by atoms with van der Waals surface area (Å²) < 4.78 is 10.1. The van der Waals surface area contributed by atoms with Gasteiger partial charge in [-0.1, -0.05) is 19.8 Å². The normalized spacial score (nSPS) is 19.8. The number of nitro groups is 1. The second-order valence-electron chi connectivity index (χ2n) is 7.33. The zero-order chi connectivity index (χ0) is 21.4. The molecule has 0 spiro atoms. The monoisotopic (exact) mass is 407 g/mol. The van der Waals surface area contributed by atoms with E-state index < -0.39 is 17.0 Å². The van der Waals surface area contributed by atoms with Gasteiger partial charge < -0.3 is 20.1 Å². The highest BCUT2D eigenvalue weighted by atomic mass is 16.6. The number of nitro benzene ring substituents is 1. The first-order valence-corrected chi connectivity index (χ1v) is 9.86. The Balaban J connectivity index is 2.00. The summed E-state index contributed by atoms with van der Waals surface area (Å²) >= 11 is 0. The van der Waals surface area contributed by atoms with Crippen LogP contribution >= 0.6 is 0 Å². The fourth-order valence-electron chi connectivity index (χ4n) is 3.36. The highest BCUT2D eigenvalue weighted by Crippen LogP contribution is 2.26. The number of anilines is 1. The summed E-state index contributed by atoms with van der Waals surface area (Å²) in [5, 5.41) is 17.2. The largest absolute Gasteiger partial charge is 0.449 e. The number of hydrogen-bond acceptors (Lipinski definition) is 7. The van der Waals surface area contributed by atoms with E-state index in [4.69, 9.17) is 9.47 Å². The zero-order valence-electron chi connectivity index (χ0n) is 17.1. The molecule has 0 radical (unpaired) electrons. The molecule has 0 aliphatic heterocycles. The van der Waals surface area contributed by atoms with Gasteiger partial charge in [0.1, 0.15) is 5.69 Å². The van der Waals surface area contributed by atoms with Gasteiger partial charge in [0.05, 0.1) is 17.1 Å². The number of ether oxygens (including phenoxy) is 2. The third kappa shape index (κ3) is 6.42. The highest BCUT2D eigenvalue weighted by Gasteiger charge is 2.27. The van der Waals surface area contributed by atoms with E-state index in [2.05, 4.69) is 17.6 Å². The maximum Gasteiger partial charge on any atom is 0.339 e. The Labute approximate surface area is 170 Å². The van der Waals surface area contributed by atoms with Crippen molar-refractivity contribution in [2.75, 3.05) is 25.6 Å². The number of benzene rings is 1. The van der Waals surface area contributed by atoms with Crippen LogP contribution in [0, 0.1) is 16.0 Å². The molecule has 1 fully saturated rings. The summed E-state index contributed by atoms with van der Waals surface area (Å²) in [6.07, 6.45) is 3.21. The maximum atomic E-state index is 12.4. The molecular weight excluding hydrogens is 378 g/mol. The van der Waals surface area contributed by atoms with Gasteiger partial charge in [0.2, 0.25) is 0 Å². The van der Waals surface area contributed by atoms with Crippen molar-refractivity contribution in [3.8, 4) is 0 Å². The predicted molar refractivity (Wildman–Crippen MR) is 108 cm³/mol. The first-order valence-electron chi connectivity index (χ1n) is 9.86. The van der Waals surface area contributed by atoms with Gasteiger partial charge in [-0.3, -0.25) is 14.9 Å². The highest BCUT2D eigenvalue weighted by molar-refractivity contribution is 5.93. The lowest BCUT2D eigenvalue weighted by Crippen LogP contribution is -2.45. The molecule has 1 amide bonds. The Morgan fingerprint density at radius 3 is 2.69 bits per heavy atom. The van der Waals surface area contributed by atoms with Crippen molar-refractivity contribution in [2.24, 2.45) is 5.92 Å². The number of nitrogens with zero attached hydrogens (tertiary/aromatic N) is 1. The fourth-order valence-corrected chi connectivity index (χ4v) is 3.36. The smallest absolute Gasteiger partial charge is 0.339 e. The number of amides is 1. The first-order chi connectivity index (χ1) is 13.8.